The summed E-state index contributed by atoms with van der Waals surface area (Å²) in [6.07, 6.45) is 0.280. The van der Waals surface area contributed by atoms with Crippen LogP contribution in [0.15, 0.2) is 59.1 Å². The maximum atomic E-state index is 13.1. The molecule has 2 amide bonds. The van der Waals surface area contributed by atoms with Crippen LogP contribution < -0.4 is 11.1 Å². The third-order valence-corrected chi connectivity index (χ3v) is 5.80. The molecule has 2 aromatic carbocycles. The first-order valence-corrected chi connectivity index (χ1v) is 10.6. The lowest BCUT2D eigenvalue weighted by Crippen LogP contribution is -2.17. The van der Waals surface area contributed by atoms with Crippen molar-refractivity contribution in [3.05, 3.63) is 76.7 Å². The smallest absolute Gasteiger partial charge is 0.252 e. The summed E-state index contributed by atoms with van der Waals surface area (Å²) in [5.74, 6) is -0.678. The predicted molar refractivity (Wildman–Crippen MR) is 120 cm³/mol. The van der Waals surface area contributed by atoms with Gasteiger partial charge in [-0.05, 0) is 36.8 Å². The Morgan fingerprint density at radius 1 is 1.09 bits per heavy atom. The van der Waals surface area contributed by atoms with Crippen LogP contribution in [0.4, 0.5) is 9.39 Å². The molecule has 2 aromatic heterocycles. The summed E-state index contributed by atoms with van der Waals surface area (Å²) in [5.41, 5.74) is 8.12. The molecule has 3 N–H and O–H groups in total. The number of halogens is 1. The van der Waals surface area contributed by atoms with Gasteiger partial charge in [-0.15, -0.1) is 11.3 Å². The zero-order valence-electron chi connectivity index (χ0n) is 17.1. The van der Waals surface area contributed by atoms with Gasteiger partial charge in [0.1, 0.15) is 10.8 Å². The zero-order valence-corrected chi connectivity index (χ0v) is 17.9. The number of primary amides is 1. The van der Waals surface area contributed by atoms with Gasteiger partial charge < -0.3 is 15.6 Å². The number of nitrogens with one attached hydrogen (secondary N) is 1. The fraction of sp³-hybridized carbons (Fsp3) is 0.130. The van der Waals surface area contributed by atoms with Gasteiger partial charge in [-0.2, -0.15) is 4.98 Å². The number of thiophene rings is 1. The van der Waals surface area contributed by atoms with Crippen LogP contribution >= 0.6 is 11.3 Å². The standard InChI is InChI=1S/C23H19FN4O3S/c1-13-19(14-5-3-2-4-6-14)20(21(25)30)23(32-13)26-17(29)11-12-18-27-22(28-31-18)15-7-9-16(24)10-8-15/h2-10H,11-12H2,1H3,(H2,25,30)(H,26,29). The Balaban J connectivity index is 1.46. The molecule has 32 heavy (non-hydrogen) atoms. The summed E-state index contributed by atoms with van der Waals surface area (Å²) in [4.78, 5) is 29.8. The van der Waals surface area contributed by atoms with Crippen molar-refractivity contribution >= 4 is 28.2 Å². The molecule has 0 fully saturated rings. The van der Waals surface area contributed by atoms with E-state index in [1.54, 1.807) is 12.1 Å². The van der Waals surface area contributed by atoms with Gasteiger partial charge in [0, 0.05) is 28.8 Å². The number of carbonyl (C=O) groups excluding carboxylic acids is 2. The Kier molecular flexibility index (Phi) is 6.09. The number of aromatic nitrogens is 2. The third-order valence-electron chi connectivity index (χ3n) is 4.78. The second-order valence-corrected chi connectivity index (χ2v) is 8.26. The van der Waals surface area contributed by atoms with Crippen molar-refractivity contribution in [3.63, 3.8) is 0 Å². The maximum Gasteiger partial charge on any atom is 0.252 e. The quantitative estimate of drug-likeness (QED) is 0.428. The van der Waals surface area contributed by atoms with E-state index in [1.165, 1.54) is 23.5 Å². The second kappa shape index (κ2) is 9.11. The average Bonchev–Trinajstić information content (AvgIpc) is 3.38. The van der Waals surface area contributed by atoms with Crippen LogP contribution in [-0.2, 0) is 11.2 Å². The molecule has 0 aliphatic heterocycles. The minimum absolute atomic E-state index is 0.0703. The van der Waals surface area contributed by atoms with E-state index in [4.69, 9.17) is 10.3 Å². The van der Waals surface area contributed by atoms with Gasteiger partial charge in [0.2, 0.25) is 17.6 Å². The van der Waals surface area contributed by atoms with E-state index in [0.29, 0.717) is 22.0 Å². The van der Waals surface area contributed by atoms with Crippen LogP contribution in [0.2, 0.25) is 0 Å². The number of carbonyl (C=O) groups is 2. The Hall–Kier alpha value is -3.85. The van der Waals surface area contributed by atoms with Crippen molar-refractivity contribution in [1.82, 2.24) is 10.1 Å². The number of nitrogens with zero attached hydrogens (tertiary/aromatic N) is 2. The van der Waals surface area contributed by atoms with Crippen LogP contribution in [0.25, 0.3) is 22.5 Å². The van der Waals surface area contributed by atoms with E-state index in [-0.39, 0.29) is 30.5 Å². The number of rotatable bonds is 7. The van der Waals surface area contributed by atoms with Crippen LogP contribution in [0.5, 0.6) is 0 Å². The van der Waals surface area contributed by atoms with Gasteiger partial charge in [-0.25, -0.2) is 4.39 Å². The molecule has 4 rings (SSSR count). The number of hydrogen-bond acceptors (Lipinski definition) is 6. The fourth-order valence-electron chi connectivity index (χ4n) is 3.30. The maximum absolute atomic E-state index is 13.1. The van der Waals surface area contributed by atoms with Crippen molar-refractivity contribution < 1.29 is 18.5 Å². The lowest BCUT2D eigenvalue weighted by molar-refractivity contribution is -0.116. The summed E-state index contributed by atoms with van der Waals surface area (Å²) in [5, 5.41) is 7.06. The minimum Gasteiger partial charge on any atom is -0.365 e. The number of amides is 2. The van der Waals surface area contributed by atoms with Crippen molar-refractivity contribution in [1.29, 1.82) is 0 Å². The fourth-order valence-corrected chi connectivity index (χ4v) is 4.40. The largest absolute Gasteiger partial charge is 0.365 e. The molecule has 0 saturated heterocycles. The minimum atomic E-state index is -0.607. The van der Waals surface area contributed by atoms with Crippen LogP contribution in [0, 0.1) is 12.7 Å². The van der Waals surface area contributed by atoms with E-state index < -0.39 is 5.91 Å². The highest BCUT2D eigenvalue weighted by atomic mass is 32.1. The van der Waals surface area contributed by atoms with E-state index >= 15 is 0 Å². The highest BCUT2D eigenvalue weighted by molar-refractivity contribution is 7.17. The molecule has 0 radical (unpaired) electrons. The molecule has 0 aliphatic rings. The number of anilines is 1. The molecule has 9 heteroatoms. The Morgan fingerprint density at radius 2 is 1.81 bits per heavy atom. The van der Waals surface area contributed by atoms with E-state index in [1.807, 2.05) is 37.3 Å². The second-order valence-electron chi connectivity index (χ2n) is 7.03. The molecule has 0 unspecified atom stereocenters. The van der Waals surface area contributed by atoms with Gasteiger partial charge in [0.25, 0.3) is 5.91 Å². The van der Waals surface area contributed by atoms with Gasteiger partial charge in [-0.1, -0.05) is 35.5 Å². The van der Waals surface area contributed by atoms with Crippen LogP contribution in [0.3, 0.4) is 0 Å². The number of nitrogens with two attached hydrogens (primary N) is 1. The molecule has 162 valence electrons. The monoisotopic (exact) mass is 450 g/mol. The lowest BCUT2D eigenvalue weighted by atomic mass is 10.0. The lowest BCUT2D eigenvalue weighted by Gasteiger charge is -2.06. The Morgan fingerprint density at radius 3 is 2.50 bits per heavy atom. The first kappa shape index (κ1) is 21.4. The summed E-state index contributed by atoms with van der Waals surface area (Å²) < 4.78 is 18.2. The summed E-state index contributed by atoms with van der Waals surface area (Å²) in [6, 6.07) is 15.1. The van der Waals surface area contributed by atoms with Crippen molar-refractivity contribution in [3.8, 4) is 22.5 Å². The molecule has 2 heterocycles. The van der Waals surface area contributed by atoms with E-state index in [2.05, 4.69) is 15.5 Å². The molecular weight excluding hydrogens is 431 g/mol. The molecule has 0 saturated carbocycles. The highest BCUT2D eigenvalue weighted by Crippen LogP contribution is 2.39. The Labute approximate surface area is 187 Å². The molecule has 0 atom stereocenters. The Bertz CT molecular complexity index is 1270. The van der Waals surface area contributed by atoms with Gasteiger partial charge in [0.15, 0.2) is 0 Å². The number of hydrogen-bond donors (Lipinski definition) is 2. The van der Waals surface area contributed by atoms with Crippen molar-refractivity contribution in [2.45, 2.75) is 19.8 Å². The molecule has 0 spiro atoms. The topological polar surface area (TPSA) is 111 Å². The summed E-state index contributed by atoms with van der Waals surface area (Å²) in [6.45, 7) is 1.88. The molecule has 4 aromatic rings. The number of benzene rings is 2. The van der Waals surface area contributed by atoms with E-state index in [9.17, 15) is 14.0 Å². The molecule has 0 bridgehead atoms. The number of aryl methyl sites for hydroxylation is 2. The van der Waals surface area contributed by atoms with Crippen molar-refractivity contribution in [2.24, 2.45) is 5.73 Å². The zero-order chi connectivity index (χ0) is 22.7. The first-order valence-electron chi connectivity index (χ1n) is 9.79. The third kappa shape index (κ3) is 4.57. The summed E-state index contributed by atoms with van der Waals surface area (Å²) >= 11 is 1.30. The molecule has 7 nitrogen and oxygen atoms in total. The first-order chi connectivity index (χ1) is 15.4. The van der Waals surface area contributed by atoms with Gasteiger partial charge >= 0.3 is 0 Å². The van der Waals surface area contributed by atoms with Crippen molar-refractivity contribution in [2.75, 3.05) is 5.32 Å². The van der Waals surface area contributed by atoms with Crippen LogP contribution in [-0.4, -0.2) is 22.0 Å². The highest BCUT2D eigenvalue weighted by Gasteiger charge is 2.23. The normalized spacial score (nSPS) is 10.8. The predicted octanol–water partition coefficient (Wildman–Crippen LogP) is 4.58. The SMILES string of the molecule is Cc1sc(NC(=O)CCc2nc(-c3ccc(F)cc3)no2)c(C(N)=O)c1-c1ccccc1. The molecule has 0 aliphatic carbocycles. The van der Waals surface area contributed by atoms with E-state index in [0.717, 1.165) is 16.0 Å². The summed E-state index contributed by atoms with van der Waals surface area (Å²) in [7, 11) is 0. The average molecular weight is 450 g/mol. The van der Waals surface area contributed by atoms with Crippen LogP contribution in [0.1, 0.15) is 27.5 Å². The van der Waals surface area contributed by atoms with Gasteiger partial charge in [0.05, 0.1) is 5.56 Å². The van der Waals surface area contributed by atoms with Gasteiger partial charge in [-0.3, -0.25) is 9.59 Å². The molecular formula is C23H19FN4O3S.